The molecule has 0 aliphatic rings. The van der Waals surface area contributed by atoms with Crippen molar-refractivity contribution in [3.05, 3.63) is 90.0 Å². The van der Waals surface area contributed by atoms with Gasteiger partial charge >= 0.3 is 0 Å². The molecule has 4 aromatic rings. The average molecular weight is 487 g/mol. The predicted molar refractivity (Wildman–Crippen MR) is 124 cm³/mol. The highest BCUT2D eigenvalue weighted by Crippen LogP contribution is 2.31. The van der Waals surface area contributed by atoms with Gasteiger partial charge in [0.05, 0.1) is 4.90 Å². The summed E-state index contributed by atoms with van der Waals surface area (Å²) in [5.41, 5.74) is 1.92. The zero-order chi connectivity index (χ0) is 23.6. The van der Waals surface area contributed by atoms with E-state index in [9.17, 15) is 17.2 Å². The molecule has 4 rings (SSSR count). The summed E-state index contributed by atoms with van der Waals surface area (Å²) in [4.78, 5) is 0.118. The summed E-state index contributed by atoms with van der Waals surface area (Å²) in [7, 11) is -0.723. The summed E-state index contributed by atoms with van der Waals surface area (Å²) in [5, 5.41) is 9.08. The quantitative estimate of drug-likeness (QED) is 0.353. The second-order valence-electron chi connectivity index (χ2n) is 7.35. The predicted octanol–water partition coefficient (Wildman–Crippen LogP) is 4.76. The summed E-state index contributed by atoms with van der Waals surface area (Å²) in [6.45, 7) is 0. The lowest BCUT2D eigenvalue weighted by Gasteiger charge is -2.13. The minimum atomic E-state index is -3.65. The Balaban J connectivity index is 1.78. The van der Waals surface area contributed by atoms with E-state index in [1.54, 1.807) is 34.9 Å². The van der Waals surface area contributed by atoms with E-state index in [4.69, 9.17) is 0 Å². The summed E-state index contributed by atoms with van der Waals surface area (Å²) in [6.07, 6.45) is 0. The summed E-state index contributed by atoms with van der Waals surface area (Å²) >= 11 is 1.34. The number of benzene rings is 3. The smallest absolute Gasteiger partial charge is 0.242 e. The van der Waals surface area contributed by atoms with Crippen LogP contribution in [0.15, 0.2) is 82.8 Å². The molecule has 0 aliphatic carbocycles. The maximum atomic E-state index is 13.6. The third-order valence-corrected chi connectivity index (χ3v) is 7.66. The van der Waals surface area contributed by atoms with Crippen molar-refractivity contribution in [3.8, 4) is 17.1 Å². The highest BCUT2D eigenvalue weighted by atomic mass is 32.2. The Hall–Kier alpha value is -3.08. The van der Waals surface area contributed by atoms with Crippen molar-refractivity contribution in [2.45, 2.75) is 15.8 Å². The number of nitrogens with zero attached hydrogens (tertiary/aromatic N) is 4. The van der Waals surface area contributed by atoms with E-state index in [-0.39, 0.29) is 16.5 Å². The molecule has 33 heavy (non-hydrogen) atoms. The van der Waals surface area contributed by atoms with Crippen LogP contribution < -0.4 is 0 Å². The molecule has 6 nitrogen and oxygen atoms in total. The standard InChI is InChI=1S/C23H20F2N4O2S2/c1-28(2)33(30,31)21-8-4-6-17(14-21)22-26-27-23(29(22)20-11-9-18(24)10-12-20)32-15-16-5-3-7-19(25)13-16/h3-14H,15H2,1-2H3. The number of hydrogen-bond donors (Lipinski definition) is 0. The summed E-state index contributed by atoms with van der Waals surface area (Å²) in [6, 6.07) is 18.5. The minimum Gasteiger partial charge on any atom is -0.270 e. The fourth-order valence-electron chi connectivity index (χ4n) is 3.15. The molecule has 10 heteroatoms. The zero-order valence-electron chi connectivity index (χ0n) is 17.8. The molecule has 0 saturated heterocycles. The van der Waals surface area contributed by atoms with Gasteiger partial charge in [-0.15, -0.1) is 10.2 Å². The van der Waals surface area contributed by atoms with Crippen molar-refractivity contribution in [1.29, 1.82) is 0 Å². The van der Waals surface area contributed by atoms with Gasteiger partial charge in [-0.2, -0.15) is 0 Å². The van der Waals surface area contributed by atoms with E-state index in [0.717, 1.165) is 9.87 Å². The lowest BCUT2D eigenvalue weighted by Crippen LogP contribution is -2.22. The molecule has 1 aromatic heterocycles. The summed E-state index contributed by atoms with van der Waals surface area (Å²) < 4.78 is 55.2. The van der Waals surface area contributed by atoms with Crippen LogP contribution in [0.25, 0.3) is 17.1 Å². The highest BCUT2D eigenvalue weighted by molar-refractivity contribution is 7.98. The second kappa shape index (κ2) is 9.42. The fraction of sp³-hybridized carbons (Fsp3) is 0.130. The lowest BCUT2D eigenvalue weighted by molar-refractivity contribution is 0.521. The molecule has 0 saturated carbocycles. The van der Waals surface area contributed by atoms with E-state index in [0.29, 0.717) is 28.0 Å². The Morgan fingerprint density at radius 3 is 2.33 bits per heavy atom. The van der Waals surface area contributed by atoms with Crippen LogP contribution in [-0.2, 0) is 15.8 Å². The van der Waals surface area contributed by atoms with Gasteiger partial charge in [-0.3, -0.25) is 4.57 Å². The number of rotatable bonds is 7. The van der Waals surface area contributed by atoms with Crippen molar-refractivity contribution in [3.63, 3.8) is 0 Å². The van der Waals surface area contributed by atoms with Crippen molar-refractivity contribution in [2.24, 2.45) is 0 Å². The number of halogens is 2. The third kappa shape index (κ3) is 4.97. The van der Waals surface area contributed by atoms with Crippen molar-refractivity contribution >= 4 is 21.8 Å². The molecule has 1 heterocycles. The molecule has 0 aliphatic heterocycles. The van der Waals surface area contributed by atoms with Gasteiger partial charge in [-0.1, -0.05) is 36.0 Å². The molecule has 0 N–H and O–H groups in total. The molecular weight excluding hydrogens is 466 g/mol. The molecule has 3 aromatic carbocycles. The first-order chi connectivity index (χ1) is 15.8. The van der Waals surface area contributed by atoms with Crippen LogP contribution in [0, 0.1) is 11.6 Å². The molecular formula is C23H20F2N4O2S2. The number of hydrogen-bond acceptors (Lipinski definition) is 5. The fourth-order valence-corrected chi connectivity index (χ4v) is 5.00. The van der Waals surface area contributed by atoms with E-state index < -0.39 is 10.0 Å². The zero-order valence-corrected chi connectivity index (χ0v) is 19.4. The first kappa shape index (κ1) is 23.1. The van der Waals surface area contributed by atoms with Gasteiger partial charge in [-0.05, 0) is 54.1 Å². The monoisotopic (exact) mass is 486 g/mol. The average Bonchev–Trinajstić information content (AvgIpc) is 3.22. The Morgan fingerprint density at radius 1 is 0.909 bits per heavy atom. The minimum absolute atomic E-state index is 0.118. The van der Waals surface area contributed by atoms with Crippen LogP contribution in [0.1, 0.15) is 5.56 Å². The Bertz CT molecular complexity index is 1390. The van der Waals surface area contributed by atoms with Crippen LogP contribution in [0.3, 0.4) is 0 Å². The number of sulfonamides is 1. The topological polar surface area (TPSA) is 68.1 Å². The first-order valence-corrected chi connectivity index (χ1v) is 12.3. The second-order valence-corrected chi connectivity index (χ2v) is 10.4. The molecule has 0 radical (unpaired) electrons. The third-order valence-electron chi connectivity index (χ3n) is 4.85. The van der Waals surface area contributed by atoms with Gasteiger partial charge in [0.15, 0.2) is 11.0 Å². The largest absolute Gasteiger partial charge is 0.270 e. The van der Waals surface area contributed by atoms with E-state index >= 15 is 0 Å². The van der Waals surface area contributed by atoms with Gasteiger partial charge in [0, 0.05) is 31.1 Å². The van der Waals surface area contributed by atoms with Crippen LogP contribution in [-0.4, -0.2) is 41.6 Å². The first-order valence-electron chi connectivity index (χ1n) is 9.87. The van der Waals surface area contributed by atoms with Crippen LogP contribution >= 0.6 is 11.8 Å². The number of aromatic nitrogens is 3. The molecule has 0 fully saturated rings. The van der Waals surface area contributed by atoms with Gasteiger partial charge in [0.2, 0.25) is 10.0 Å². The van der Waals surface area contributed by atoms with E-state index in [2.05, 4.69) is 10.2 Å². The summed E-state index contributed by atoms with van der Waals surface area (Å²) in [5.74, 6) is 0.125. The van der Waals surface area contributed by atoms with Crippen LogP contribution in [0.5, 0.6) is 0 Å². The molecule has 0 bridgehead atoms. The Labute approximate surface area is 194 Å². The normalized spacial score (nSPS) is 11.8. The molecule has 0 atom stereocenters. The number of thioether (sulfide) groups is 1. The van der Waals surface area contributed by atoms with E-state index in [1.807, 2.05) is 6.07 Å². The van der Waals surface area contributed by atoms with E-state index in [1.165, 1.54) is 62.3 Å². The Kier molecular flexibility index (Phi) is 6.59. The van der Waals surface area contributed by atoms with Gasteiger partial charge in [0.25, 0.3) is 0 Å². The molecule has 170 valence electrons. The van der Waals surface area contributed by atoms with Crippen LogP contribution in [0.4, 0.5) is 8.78 Å². The lowest BCUT2D eigenvalue weighted by atomic mass is 10.2. The van der Waals surface area contributed by atoms with Crippen LogP contribution in [0.2, 0.25) is 0 Å². The van der Waals surface area contributed by atoms with Gasteiger partial charge < -0.3 is 0 Å². The molecule has 0 spiro atoms. The molecule has 0 unspecified atom stereocenters. The maximum absolute atomic E-state index is 13.6. The van der Waals surface area contributed by atoms with Gasteiger partial charge in [0.1, 0.15) is 11.6 Å². The SMILES string of the molecule is CN(C)S(=O)(=O)c1cccc(-c2nnc(SCc3cccc(F)c3)n2-c2ccc(F)cc2)c1. The maximum Gasteiger partial charge on any atom is 0.242 e. The van der Waals surface area contributed by atoms with Crippen molar-refractivity contribution < 1.29 is 17.2 Å². The highest BCUT2D eigenvalue weighted by Gasteiger charge is 2.21. The van der Waals surface area contributed by atoms with Crippen molar-refractivity contribution in [1.82, 2.24) is 19.1 Å². The van der Waals surface area contributed by atoms with Crippen molar-refractivity contribution in [2.75, 3.05) is 14.1 Å². The van der Waals surface area contributed by atoms with Gasteiger partial charge in [-0.25, -0.2) is 21.5 Å². The molecule has 0 amide bonds. The Morgan fingerprint density at radius 2 is 1.64 bits per heavy atom.